The van der Waals surface area contributed by atoms with Crippen molar-refractivity contribution in [3.8, 4) is 0 Å². The minimum absolute atomic E-state index is 0.0135. The van der Waals surface area contributed by atoms with E-state index in [9.17, 15) is 17.9 Å². The van der Waals surface area contributed by atoms with Crippen molar-refractivity contribution in [3.63, 3.8) is 0 Å². The van der Waals surface area contributed by atoms with Crippen molar-refractivity contribution in [3.05, 3.63) is 29.6 Å². The lowest BCUT2D eigenvalue weighted by atomic mass is 10.1. The summed E-state index contributed by atoms with van der Waals surface area (Å²) in [5.41, 5.74) is -0.866. The highest BCUT2D eigenvalue weighted by atomic mass is 32.2. The van der Waals surface area contributed by atoms with Gasteiger partial charge in [0.15, 0.2) is 0 Å². The number of hydrogen-bond donors (Lipinski definition) is 2. The third-order valence-corrected chi connectivity index (χ3v) is 4.29. The Balaban J connectivity index is 2.85. The van der Waals surface area contributed by atoms with E-state index in [0.29, 0.717) is 12.1 Å². The maximum Gasteiger partial charge on any atom is 0.240 e. The van der Waals surface area contributed by atoms with Crippen molar-refractivity contribution in [1.82, 2.24) is 9.62 Å². The Bertz CT molecular complexity index is 571. The summed E-state index contributed by atoms with van der Waals surface area (Å²) < 4.78 is 39.6. The van der Waals surface area contributed by atoms with Gasteiger partial charge in [0.05, 0.1) is 10.5 Å². The van der Waals surface area contributed by atoms with E-state index < -0.39 is 21.4 Å². The Morgan fingerprint density at radius 1 is 1.40 bits per heavy atom. The highest BCUT2D eigenvalue weighted by Crippen LogP contribution is 2.16. The summed E-state index contributed by atoms with van der Waals surface area (Å²) in [7, 11) is -0.202. The molecule has 0 saturated heterocycles. The number of aryl methyl sites for hydroxylation is 1. The lowest BCUT2D eigenvalue weighted by Crippen LogP contribution is -2.47. The molecule has 1 atom stereocenters. The maximum absolute atomic E-state index is 13.0. The Kier molecular flexibility index (Phi) is 5.26. The lowest BCUT2D eigenvalue weighted by molar-refractivity contribution is 0.0386. The van der Waals surface area contributed by atoms with Crippen molar-refractivity contribution in [1.29, 1.82) is 0 Å². The zero-order valence-electron chi connectivity index (χ0n) is 12.1. The van der Waals surface area contributed by atoms with Gasteiger partial charge in [0.2, 0.25) is 10.0 Å². The Hall–Kier alpha value is -1.02. The molecule has 2 N–H and O–H groups in total. The number of nitrogens with zero attached hydrogens (tertiary/aromatic N) is 1. The fraction of sp³-hybridized carbons (Fsp3) is 0.538. The number of nitrogens with one attached hydrogen (secondary N) is 1. The van der Waals surface area contributed by atoms with Crippen LogP contribution in [0.3, 0.4) is 0 Å². The molecule has 0 amide bonds. The van der Waals surface area contributed by atoms with E-state index in [4.69, 9.17) is 0 Å². The molecule has 20 heavy (non-hydrogen) atoms. The molecule has 0 radical (unpaired) electrons. The quantitative estimate of drug-likeness (QED) is 0.813. The third-order valence-electron chi connectivity index (χ3n) is 2.73. The van der Waals surface area contributed by atoms with Gasteiger partial charge >= 0.3 is 0 Å². The molecule has 0 bridgehead atoms. The van der Waals surface area contributed by atoms with Gasteiger partial charge in [-0.3, -0.25) is 0 Å². The van der Waals surface area contributed by atoms with E-state index in [2.05, 4.69) is 4.72 Å². The summed E-state index contributed by atoms with van der Waals surface area (Å²) >= 11 is 0. The van der Waals surface area contributed by atoms with E-state index in [-0.39, 0.29) is 11.4 Å². The molecule has 1 aromatic carbocycles. The van der Waals surface area contributed by atoms with Crippen LogP contribution in [0, 0.1) is 12.7 Å². The van der Waals surface area contributed by atoms with Crippen LogP contribution in [0.4, 0.5) is 4.39 Å². The average molecular weight is 304 g/mol. The first kappa shape index (κ1) is 17.0. The summed E-state index contributed by atoms with van der Waals surface area (Å²) in [5.74, 6) is -0.485. The summed E-state index contributed by atoms with van der Waals surface area (Å²) in [5, 5.41) is 10.1. The molecule has 0 aliphatic heterocycles. The number of rotatable bonds is 6. The first-order chi connectivity index (χ1) is 9.03. The molecule has 0 spiro atoms. The third kappa shape index (κ3) is 4.82. The van der Waals surface area contributed by atoms with E-state index >= 15 is 0 Å². The van der Waals surface area contributed by atoms with Crippen LogP contribution in [0.1, 0.15) is 12.5 Å². The van der Waals surface area contributed by atoms with E-state index in [1.807, 2.05) is 0 Å². The SMILES string of the molecule is Cc1cc(F)ccc1S(=O)(=O)NCC(C)(O)CN(C)C. The highest BCUT2D eigenvalue weighted by Gasteiger charge is 2.25. The van der Waals surface area contributed by atoms with E-state index in [1.165, 1.54) is 13.0 Å². The van der Waals surface area contributed by atoms with Crippen LogP contribution in [0.25, 0.3) is 0 Å². The molecule has 1 rings (SSSR count). The number of aliphatic hydroxyl groups is 1. The molecule has 5 nitrogen and oxygen atoms in total. The fourth-order valence-corrected chi connectivity index (χ4v) is 3.37. The van der Waals surface area contributed by atoms with E-state index in [1.54, 1.807) is 25.9 Å². The zero-order chi connectivity index (χ0) is 15.6. The molecular weight excluding hydrogens is 283 g/mol. The van der Waals surface area contributed by atoms with Gasteiger partial charge < -0.3 is 10.0 Å². The summed E-state index contributed by atoms with van der Waals surface area (Å²) in [6, 6.07) is 3.47. The number of sulfonamides is 1. The van der Waals surface area contributed by atoms with Crippen LogP contribution >= 0.6 is 0 Å². The van der Waals surface area contributed by atoms with E-state index in [0.717, 1.165) is 12.1 Å². The molecule has 1 aromatic rings. The van der Waals surface area contributed by atoms with Gasteiger partial charge in [0.25, 0.3) is 0 Å². The molecule has 7 heteroatoms. The molecule has 0 saturated carbocycles. The van der Waals surface area contributed by atoms with Crippen LogP contribution in [0.2, 0.25) is 0 Å². The normalized spacial score (nSPS) is 15.3. The second-order valence-electron chi connectivity index (χ2n) is 5.47. The van der Waals surface area contributed by atoms with Crippen molar-refractivity contribution in [2.24, 2.45) is 0 Å². The zero-order valence-corrected chi connectivity index (χ0v) is 13.0. The van der Waals surface area contributed by atoms with Crippen LogP contribution < -0.4 is 4.72 Å². The Morgan fingerprint density at radius 3 is 2.50 bits per heavy atom. The predicted molar refractivity (Wildman–Crippen MR) is 75.5 cm³/mol. The van der Waals surface area contributed by atoms with Gasteiger partial charge in [0, 0.05) is 13.1 Å². The Morgan fingerprint density at radius 2 is 2.00 bits per heavy atom. The smallest absolute Gasteiger partial charge is 0.240 e. The maximum atomic E-state index is 13.0. The van der Waals surface area contributed by atoms with Gasteiger partial charge in [-0.2, -0.15) is 0 Å². The fourth-order valence-electron chi connectivity index (χ4n) is 1.98. The summed E-state index contributed by atoms with van der Waals surface area (Å²) in [6.45, 7) is 3.27. The van der Waals surface area contributed by atoms with Crippen molar-refractivity contribution >= 4 is 10.0 Å². The van der Waals surface area contributed by atoms with Crippen molar-refractivity contribution in [2.75, 3.05) is 27.2 Å². The van der Waals surface area contributed by atoms with Gasteiger partial charge in [-0.05, 0) is 51.7 Å². The summed E-state index contributed by atoms with van der Waals surface area (Å²) in [4.78, 5) is 1.77. The average Bonchev–Trinajstić information content (AvgIpc) is 2.24. The molecule has 114 valence electrons. The number of hydrogen-bond acceptors (Lipinski definition) is 4. The first-order valence-electron chi connectivity index (χ1n) is 6.16. The highest BCUT2D eigenvalue weighted by molar-refractivity contribution is 7.89. The van der Waals surface area contributed by atoms with Crippen LogP contribution in [0.15, 0.2) is 23.1 Å². The van der Waals surface area contributed by atoms with Crippen LogP contribution in [0.5, 0.6) is 0 Å². The molecular formula is C13H21FN2O3S. The molecule has 0 aromatic heterocycles. The first-order valence-corrected chi connectivity index (χ1v) is 7.65. The number of benzene rings is 1. The standard InChI is InChI=1S/C13H21FN2O3S/c1-10-7-11(14)5-6-12(10)20(18,19)15-8-13(2,17)9-16(3)4/h5-7,15,17H,8-9H2,1-4H3. The van der Waals surface area contributed by atoms with Crippen molar-refractivity contribution < 1.29 is 17.9 Å². The summed E-state index contributed by atoms with van der Waals surface area (Å²) in [6.07, 6.45) is 0. The molecule has 0 fully saturated rings. The minimum Gasteiger partial charge on any atom is -0.387 e. The topological polar surface area (TPSA) is 69.6 Å². The minimum atomic E-state index is -3.77. The molecule has 1 unspecified atom stereocenters. The van der Waals surface area contributed by atoms with Crippen LogP contribution in [-0.2, 0) is 10.0 Å². The lowest BCUT2D eigenvalue weighted by Gasteiger charge is -2.27. The second kappa shape index (κ2) is 6.17. The molecule has 0 heterocycles. The number of likely N-dealkylation sites (N-methyl/N-ethyl adjacent to an activating group) is 1. The number of halogens is 1. The molecule has 0 aliphatic carbocycles. The van der Waals surface area contributed by atoms with Crippen LogP contribution in [-0.4, -0.2) is 51.2 Å². The predicted octanol–water partition coefficient (Wildman–Crippen LogP) is 0.725. The van der Waals surface area contributed by atoms with Gasteiger partial charge in [-0.25, -0.2) is 17.5 Å². The Labute approximate surface area is 119 Å². The monoisotopic (exact) mass is 304 g/mol. The second-order valence-corrected chi connectivity index (χ2v) is 7.20. The van der Waals surface area contributed by atoms with Gasteiger partial charge in [0.1, 0.15) is 5.82 Å². The molecule has 0 aliphatic rings. The van der Waals surface area contributed by atoms with Gasteiger partial charge in [-0.1, -0.05) is 0 Å². The van der Waals surface area contributed by atoms with Crippen molar-refractivity contribution in [2.45, 2.75) is 24.3 Å². The van der Waals surface area contributed by atoms with Gasteiger partial charge in [-0.15, -0.1) is 0 Å². The largest absolute Gasteiger partial charge is 0.387 e.